The summed E-state index contributed by atoms with van der Waals surface area (Å²) < 4.78 is 41.0. The molecule has 0 radical (unpaired) electrons. The van der Waals surface area contributed by atoms with Crippen molar-refractivity contribution in [3.05, 3.63) is 29.6 Å². The van der Waals surface area contributed by atoms with Gasteiger partial charge in [-0.2, -0.15) is 0 Å². The van der Waals surface area contributed by atoms with Crippen LogP contribution in [0.3, 0.4) is 0 Å². The van der Waals surface area contributed by atoms with Crippen molar-refractivity contribution in [3.63, 3.8) is 0 Å². The Morgan fingerprint density at radius 2 is 2.10 bits per heavy atom. The molecule has 4 nitrogen and oxygen atoms in total. The molecule has 0 spiro atoms. The molecule has 1 fully saturated rings. The Labute approximate surface area is 125 Å². The highest BCUT2D eigenvalue weighted by molar-refractivity contribution is 7.89. The highest BCUT2D eigenvalue weighted by atomic mass is 35.5. The average Bonchev–Trinajstić information content (AvgIpc) is 2.35. The van der Waals surface area contributed by atoms with Crippen LogP contribution in [0, 0.1) is 18.7 Å². The predicted octanol–water partition coefficient (Wildman–Crippen LogP) is 1.83. The van der Waals surface area contributed by atoms with Gasteiger partial charge in [0.15, 0.2) is 0 Å². The van der Waals surface area contributed by atoms with Gasteiger partial charge in [0.1, 0.15) is 10.7 Å². The molecule has 0 amide bonds. The molecule has 7 heteroatoms. The standard InChI is InChI=1S/C13H19FN2O2S.ClH/c1-9-6-7-15-8-11(9)16-19(17,18)12-5-3-4-10(2)13(12)14;/h3-5,9,11,15-16H,6-8H2,1-2H3;1H. The van der Waals surface area contributed by atoms with Gasteiger partial charge in [0.2, 0.25) is 10.0 Å². The minimum absolute atomic E-state index is 0. The summed E-state index contributed by atoms with van der Waals surface area (Å²) >= 11 is 0. The van der Waals surface area contributed by atoms with Gasteiger partial charge in [-0.25, -0.2) is 17.5 Å². The molecule has 114 valence electrons. The number of piperidine rings is 1. The van der Waals surface area contributed by atoms with Gasteiger partial charge in [-0.1, -0.05) is 19.1 Å². The minimum Gasteiger partial charge on any atom is -0.315 e. The van der Waals surface area contributed by atoms with Crippen LogP contribution in [0.4, 0.5) is 4.39 Å². The molecule has 0 bridgehead atoms. The highest BCUT2D eigenvalue weighted by Gasteiger charge is 2.28. The maximum atomic E-state index is 13.9. The van der Waals surface area contributed by atoms with E-state index in [-0.39, 0.29) is 29.3 Å². The number of benzene rings is 1. The van der Waals surface area contributed by atoms with Crippen LogP contribution < -0.4 is 10.0 Å². The van der Waals surface area contributed by atoms with Gasteiger partial charge in [-0.05, 0) is 37.4 Å². The SMILES string of the molecule is Cc1cccc(S(=O)(=O)NC2CNCCC2C)c1F.Cl. The second-order valence-corrected chi connectivity index (χ2v) is 6.77. The van der Waals surface area contributed by atoms with E-state index in [2.05, 4.69) is 10.0 Å². The van der Waals surface area contributed by atoms with Crippen molar-refractivity contribution in [2.75, 3.05) is 13.1 Å². The molecule has 2 atom stereocenters. The van der Waals surface area contributed by atoms with Gasteiger partial charge in [0.05, 0.1) is 0 Å². The van der Waals surface area contributed by atoms with Gasteiger partial charge in [0.25, 0.3) is 0 Å². The molecule has 1 aromatic carbocycles. The topological polar surface area (TPSA) is 58.2 Å². The van der Waals surface area contributed by atoms with Gasteiger partial charge in [-0.15, -0.1) is 12.4 Å². The van der Waals surface area contributed by atoms with Crippen LogP contribution in [-0.4, -0.2) is 27.5 Å². The van der Waals surface area contributed by atoms with Crippen molar-refractivity contribution in [1.29, 1.82) is 0 Å². The molecular weight excluding hydrogens is 303 g/mol. The molecule has 2 unspecified atom stereocenters. The first kappa shape index (κ1) is 17.4. The van der Waals surface area contributed by atoms with Crippen molar-refractivity contribution >= 4 is 22.4 Å². The van der Waals surface area contributed by atoms with E-state index in [1.807, 2.05) is 6.92 Å². The van der Waals surface area contributed by atoms with Gasteiger partial charge >= 0.3 is 0 Å². The number of hydrogen-bond donors (Lipinski definition) is 2. The van der Waals surface area contributed by atoms with Gasteiger partial charge < -0.3 is 5.32 Å². The fraction of sp³-hybridized carbons (Fsp3) is 0.538. The third kappa shape index (κ3) is 3.69. The first-order valence-corrected chi connectivity index (χ1v) is 7.88. The van der Waals surface area contributed by atoms with E-state index in [0.717, 1.165) is 13.0 Å². The van der Waals surface area contributed by atoms with Gasteiger partial charge in [0, 0.05) is 12.6 Å². The largest absolute Gasteiger partial charge is 0.315 e. The summed E-state index contributed by atoms with van der Waals surface area (Å²) in [5.41, 5.74) is 0.331. The van der Waals surface area contributed by atoms with Crippen LogP contribution in [0.25, 0.3) is 0 Å². The summed E-state index contributed by atoms with van der Waals surface area (Å²) in [6.45, 7) is 5.02. The maximum absolute atomic E-state index is 13.9. The van der Waals surface area contributed by atoms with E-state index in [1.165, 1.54) is 6.07 Å². The summed E-state index contributed by atoms with van der Waals surface area (Å²) in [6, 6.07) is 4.21. The zero-order valence-electron chi connectivity index (χ0n) is 11.5. The van der Waals surface area contributed by atoms with Crippen LogP contribution >= 0.6 is 12.4 Å². The number of rotatable bonds is 3. The Kier molecular flexibility index (Phi) is 5.94. The summed E-state index contributed by atoms with van der Waals surface area (Å²) in [5, 5.41) is 3.14. The third-order valence-electron chi connectivity index (χ3n) is 3.58. The second-order valence-electron chi connectivity index (χ2n) is 5.08. The number of aryl methyl sites for hydroxylation is 1. The average molecular weight is 323 g/mol. The van der Waals surface area contributed by atoms with Crippen molar-refractivity contribution < 1.29 is 12.8 Å². The summed E-state index contributed by atoms with van der Waals surface area (Å²) in [5.74, 6) is -0.435. The monoisotopic (exact) mass is 322 g/mol. The molecule has 0 aromatic heterocycles. The van der Waals surface area contributed by atoms with Crippen LogP contribution in [0.5, 0.6) is 0 Å². The van der Waals surface area contributed by atoms with Crippen molar-refractivity contribution in [2.45, 2.75) is 31.2 Å². The lowest BCUT2D eigenvalue weighted by atomic mass is 9.96. The van der Waals surface area contributed by atoms with E-state index in [1.54, 1.807) is 19.1 Å². The Bertz CT molecular complexity index is 565. The summed E-state index contributed by atoms with van der Waals surface area (Å²) in [4.78, 5) is -0.273. The number of halogens is 2. The van der Waals surface area contributed by atoms with Gasteiger partial charge in [-0.3, -0.25) is 0 Å². The van der Waals surface area contributed by atoms with Crippen LogP contribution in [-0.2, 0) is 10.0 Å². The lowest BCUT2D eigenvalue weighted by Crippen LogP contribution is -2.50. The van der Waals surface area contributed by atoms with E-state index in [4.69, 9.17) is 0 Å². The highest BCUT2D eigenvalue weighted by Crippen LogP contribution is 2.19. The van der Waals surface area contributed by atoms with Crippen molar-refractivity contribution in [3.8, 4) is 0 Å². The maximum Gasteiger partial charge on any atom is 0.243 e. The second kappa shape index (κ2) is 6.85. The third-order valence-corrected chi connectivity index (χ3v) is 5.09. The quantitative estimate of drug-likeness (QED) is 0.892. The molecule has 1 aliphatic heterocycles. The van der Waals surface area contributed by atoms with E-state index in [9.17, 15) is 12.8 Å². The molecule has 1 aromatic rings. The fourth-order valence-electron chi connectivity index (χ4n) is 2.24. The molecule has 1 saturated heterocycles. The first-order chi connectivity index (χ1) is 8.92. The minimum atomic E-state index is -3.81. The number of nitrogens with one attached hydrogen (secondary N) is 2. The molecule has 0 aliphatic carbocycles. The van der Waals surface area contributed by atoms with E-state index < -0.39 is 15.8 Å². The predicted molar refractivity (Wildman–Crippen MR) is 79.1 cm³/mol. The molecule has 20 heavy (non-hydrogen) atoms. The fourth-order valence-corrected chi connectivity index (χ4v) is 3.73. The Balaban J connectivity index is 0.00000200. The normalized spacial score (nSPS) is 23.1. The lowest BCUT2D eigenvalue weighted by molar-refractivity contribution is 0.327. The van der Waals surface area contributed by atoms with Crippen molar-refractivity contribution in [1.82, 2.24) is 10.0 Å². The smallest absolute Gasteiger partial charge is 0.243 e. The Morgan fingerprint density at radius 3 is 2.75 bits per heavy atom. The zero-order chi connectivity index (χ0) is 14.0. The van der Waals surface area contributed by atoms with Crippen LogP contribution in [0.15, 0.2) is 23.1 Å². The van der Waals surface area contributed by atoms with Crippen molar-refractivity contribution in [2.24, 2.45) is 5.92 Å². The number of hydrogen-bond acceptors (Lipinski definition) is 3. The summed E-state index contributed by atoms with van der Waals surface area (Å²) in [6.07, 6.45) is 0.906. The lowest BCUT2D eigenvalue weighted by Gasteiger charge is -2.30. The summed E-state index contributed by atoms with van der Waals surface area (Å²) in [7, 11) is -3.81. The Hall–Kier alpha value is -0.690. The van der Waals surface area contributed by atoms with Crippen LogP contribution in [0.2, 0.25) is 0 Å². The zero-order valence-corrected chi connectivity index (χ0v) is 13.2. The molecular formula is C13H20ClFN2O2S. The number of sulfonamides is 1. The van der Waals surface area contributed by atoms with E-state index in [0.29, 0.717) is 12.1 Å². The molecule has 1 heterocycles. The first-order valence-electron chi connectivity index (χ1n) is 6.40. The molecule has 0 saturated carbocycles. The molecule has 2 rings (SSSR count). The Morgan fingerprint density at radius 1 is 1.40 bits per heavy atom. The molecule has 1 aliphatic rings. The molecule has 2 N–H and O–H groups in total. The van der Waals surface area contributed by atoms with E-state index >= 15 is 0 Å². The van der Waals surface area contributed by atoms with Crippen LogP contribution in [0.1, 0.15) is 18.9 Å².